The summed E-state index contributed by atoms with van der Waals surface area (Å²) in [6.07, 6.45) is 4.27. The Morgan fingerprint density at radius 1 is 1.35 bits per heavy atom. The molecule has 2 aromatic rings. The van der Waals surface area contributed by atoms with E-state index in [1.54, 1.807) is 0 Å². The molecule has 0 saturated carbocycles. The topological polar surface area (TPSA) is 46.0 Å². The monoisotopic (exact) mass is 271 g/mol. The number of hydrogen-bond donors (Lipinski definition) is 1. The van der Waals surface area contributed by atoms with Gasteiger partial charge in [-0.2, -0.15) is 0 Å². The molecule has 5 nitrogen and oxygen atoms in total. The van der Waals surface area contributed by atoms with Crippen LogP contribution in [0.5, 0.6) is 0 Å². The van der Waals surface area contributed by atoms with E-state index < -0.39 is 0 Å². The van der Waals surface area contributed by atoms with Crippen LogP contribution in [0.25, 0.3) is 11.2 Å². The molecule has 2 aromatic heterocycles. The number of pyridine rings is 1. The van der Waals surface area contributed by atoms with E-state index in [0.717, 1.165) is 30.8 Å². The Kier molecular flexibility index (Phi) is 2.97. The number of imidazole rings is 1. The fourth-order valence-corrected chi connectivity index (χ4v) is 3.60. The smallest absolute Gasteiger partial charge is 0.160 e. The summed E-state index contributed by atoms with van der Waals surface area (Å²) in [5, 5.41) is 3.47. The zero-order chi connectivity index (χ0) is 13.5. The van der Waals surface area contributed by atoms with Gasteiger partial charge in [0, 0.05) is 25.2 Å². The molecule has 2 unspecified atom stereocenters. The van der Waals surface area contributed by atoms with Gasteiger partial charge in [0.1, 0.15) is 11.3 Å². The van der Waals surface area contributed by atoms with E-state index in [0.29, 0.717) is 12.0 Å². The fourth-order valence-electron chi connectivity index (χ4n) is 3.60. The SMILES string of the molecule is CN1CCC(c2nc3cccnc3n2C2CCNC2)C1. The molecular weight excluding hydrogens is 250 g/mol. The molecule has 0 spiro atoms. The van der Waals surface area contributed by atoms with Crippen LogP contribution in [0.2, 0.25) is 0 Å². The number of nitrogens with one attached hydrogen (secondary N) is 1. The number of fused-ring (bicyclic) bond motifs is 1. The lowest BCUT2D eigenvalue weighted by atomic mass is 10.1. The molecule has 0 radical (unpaired) electrons. The maximum absolute atomic E-state index is 4.92. The van der Waals surface area contributed by atoms with Crippen LogP contribution in [0.4, 0.5) is 0 Å². The van der Waals surface area contributed by atoms with Crippen molar-refractivity contribution < 1.29 is 0 Å². The molecule has 20 heavy (non-hydrogen) atoms. The van der Waals surface area contributed by atoms with E-state index in [1.807, 2.05) is 12.3 Å². The summed E-state index contributed by atoms with van der Waals surface area (Å²) < 4.78 is 2.42. The second-order valence-electron chi connectivity index (χ2n) is 6.08. The van der Waals surface area contributed by atoms with Gasteiger partial charge in [0.2, 0.25) is 0 Å². The van der Waals surface area contributed by atoms with Crippen molar-refractivity contribution in [3.63, 3.8) is 0 Å². The summed E-state index contributed by atoms with van der Waals surface area (Å²) in [7, 11) is 2.20. The average molecular weight is 271 g/mol. The molecule has 0 bridgehead atoms. The summed E-state index contributed by atoms with van der Waals surface area (Å²) in [5.74, 6) is 1.80. The van der Waals surface area contributed by atoms with Gasteiger partial charge in [0.15, 0.2) is 5.65 Å². The van der Waals surface area contributed by atoms with Gasteiger partial charge in [-0.1, -0.05) is 0 Å². The molecule has 2 aliphatic rings. The summed E-state index contributed by atoms with van der Waals surface area (Å²) in [6, 6.07) is 4.58. The molecule has 5 heteroatoms. The predicted octanol–water partition coefficient (Wildman–Crippen LogP) is 1.38. The highest BCUT2D eigenvalue weighted by Crippen LogP contribution is 2.32. The van der Waals surface area contributed by atoms with Gasteiger partial charge >= 0.3 is 0 Å². The van der Waals surface area contributed by atoms with E-state index in [-0.39, 0.29) is 0 Å². The number of hydrogen-bond acceptors (Lipinski definition) is 4. The quantitative estimate of drug-likeness (QED) is 0.896. The Hall–Kier alpha value is -1.46. The predicted molar refractivity (Wildman–Crippen MR) is 78.9 cm³/mol. The third-order valence-corrected chi connectivity index (χ3v) is 4.63. The van der Waals surface area contributed by atoms with Gasteiger partial charge in [0.05, 0.1) is 6.04 Å². The average Bonchev–Trinajstić information content (AvgIpc) is 3.15. The van der Waals surface area contributed by atoms with Gasteiger partial charge < -0.3 is 14.8 Å². The van der Waals surface area contributed by atoms with Crippen LogP contribution in [0.1, 0.15) is 30.6 Å². The van der Waals surface area contributed by atoms with Crippen molar-refractivity contribution in [1.82, 2.24) is 24.8 Å². The van der Waals surface area contributed by atoms with Crippen molar-refractivity contribution in [3.8, 4) is 0 Å². The molecule has 1 N–H and O–H groups in total. The minimum Gasteiger partial charge on any atom is -0.315 e. The largest absolute Gasteiger partial charge is 0.315 e. The molecule has 2 saturated heterocycles. The number of nitrogens with zero attached hydrogens (tertiary/aromatic N) is 4. The van der Waals surface area contributed by atoms with Crippen LogP contribution in [0.3, 0.4) is 0 Å². The fraction of sp³-hybridized carbons (Fsp3) is 0.600. The minimum atomic E-state index is 0.510. The third-order valence-electron chi connectivity index (χ3n) is 4.63. The number of likely N-dealkylation sites (N-methyl/N-ethyl adjacent to an activating group) is 1. The summed E-state index contributed by atoms with van der Waals surface area (Å²) in [6.45, 7) is 4.42. The molecule has 2 aliphatic heterocycles. The van der Waals surface area contributed by atoms with Gasteiger partial charge in [0.25, 0.3) is 0 Å². The Morgan fingerprint density at radius 3 is 3.05 bits per heavy atom. The molecule has 0 aromatic carbocycles. The van der Waals surface area contributed by atoms with Crippen molar-refractivity contribution in [2.24, 2.45) is 0 Å². The first-order valence-electron chi connectivity index (χ1n) is 7.55. The summed E-state index contributed by atoms with van der Waals surface area (Å²) >= 11 is 0. The Labute approximate surface area is 119 Å². The second kappa shape index (κ2) is 4.82. The maximum Gasteiger partial charge on any atom is 0.160 e. The highest BCUT2D eigenvalue weighted by atomic mass is 15.2. The number of likely N-dealkylation sites (tertiary alicyclic amines) is 1. The van der Waals surface area contributed by atoms with Gasteiger partial charge in [-0.25, -0.2) is 9.97 Å². The molecule has 0 amide bonds. The van der Waals surface area contributed by atoms with E-state index in [9.17, 15) is 0 Å². The first kappa shape index (κ1) is 12.3. The van der Waals surface area contributed by atoms with E-state index in [4.69, 9.17) is 4.98 Å². The molecule has 4 rings (SSSR count). The second-order valence-corrected chi connectivity index (χ2v) is 6.08. The van der Waals surface area contributed by atoms with Crippen molar-refractivity contribution in [2.45, 2.75) is 24.8 Å². The normalized spacial score (nSPS) is 27.6. The van der Waals surface area contributed by atoms with Crippen LogP contribution in [-0.4, -0.2) is 52.7 Å². The lowest BCUT2D eigenvalue weighted by Crippen LogP contribution is -2.20. The molecule has 106 valence electrons. The van der Waals surface area contributed by atoms with Crippen molar-refractivity contribution >= 4 is 11.2 Å². The molecule has 2 atom stereocenters. The van der Waals surface area contributed by atoms with Crippen LogP contribution < -0.4 is 5.32 Å². The van der Waals surface area contributed by atoms with E-state index in [2.05, 4.69) is 32.9 Å². The lowest BCUT2D eigenvalue weighted by molar-refractivity contribution is 0.405. The van der Waals surface area contributed by atoms with E-state index >= 15 is 0 Å². The zero-order valence-corrected chi connectivity index (χ0v) is 11.9. The van der Waals surface area contributed by atoms with E-state index in [1.165, 1.54) is 25.2 Å². The standard InChI is InChI=1S/C15H21N5/c1-19-8-5-11(10-19)14-18-13-3-2-6-17-15(13)20(14)12-4-7-16-9-12/h2-3,6,11-12,16H,4-5,7-10H2,1H3. The minimum absolute atomic E-state index is 0.510. The summed E-state index contributed by atoms with van der Waals surface area (Å²) in [4.78, 5) is 11.9. The number of aromatic nitrogens is 3. The highest BCUT2D eigenvalue weighted by molar-refractivity contribution is 5.71. The van der Waals surface area contributed by atoms with Crippen LogP contribution in [-0.2, 0) is 0 Å². The van der Waals surface area contributed by atoms with Crippen LogP contribution in [0, 0.1) is 0 Å². The Morgan fingerprint density at radius 2 is 2.30 bits per heavy atom. The van der Waals surface area contributed by atoms with Crippen molar-refractivity contribution in [3.05, 3.63) is 24.2 Å². The lowest BCUT2D eigenvalue weighted by Gasteiger charge is -2.18. The van der Waals surface area contributed by atoms with Gasteiger partial charge in [-0.15, -0.1) is 0 Å². The maximum atomic E-state index is 4.92. The Balaban J connectivity index is 1.83. The van der Waals surface area contributed by atoms with Crippen molar-refractivity contribution in [2.75, 3.05) is 33.2 Å². The number of rotatable bonds is 2. The molecular formula is C15H21N5. The first-order chi connectivity index (χ1) is 9.83. The molecule has 2 fully saturated rings. The Bertz CT molecular complexity index is 614. The van der Waals surface area contributed by atoms with Crippen LogP contribution >= 0.6 is 0 Å². The zero-order valence-electron chi connectivity index (χ0n) is 11.9. The molecule has 0 aliphatic carbocycles. The molecule has 4 heterocycles. The third kappa shape index (κ3) is 1.93. The van der Waals surface area contributed by atoms with Gasteiger partial charge in [-0.05, 0) is 45.1 Å². The van der Waals surface area contributed by atoms with Gasteiger partial charge in [-0.3, -0.25) is 0 Å². The summed E-state index contributed by atoms with van der Waals surface area (Å²) in [5.41, 5.74) is 2.11. The van der Waals surface area contributed by atoms with Crippen molar-refractivity contribution in [1.29, 1.82) is 0 Å². The van der Waals surface area contributed by atoms with Crippen LogP contribution in [0.15, 0.2) is 18.3 Å². The highest BCUT2D eigenvalue weighted by Gasteiger charge is 2.30. The first-order valence-corrected chi connectivity index (χ1v) is 7.55.